The average molecular weight is 374 g/mol. The van der Waals surface area contributed by atoms with Crippen LogP contribution in [0.1, 0.15) is 22.6 Å². The lowest BCUT2D eigenvalue weighted by Crippen LogP contribution is -2.34. The Kier molecular flexibility index (Phi) is 5.74. The van der Waals surface area contributed by atoms with Crippen molar-refractivity contribution < 1.29 is 14.2 Å². The van der Waals surface area contributed by atoms with Crippen LogP contribution in [0.3, 0.4) is 0 Å². The Morgan fingerprint density at radius 1 is 1.15 bits per heavy atom. The van der Waals surface area contributed by atoms with Crippen LogP contribution in [-0.4, -0.2) is 39.3 Å². The van der Waals surface area contributed by atoms with E-state index >= 15 is 0 Å². The van der Waals surface area contributed by atoms with Gasteiger partial charge in [-0.25, -0.2) is 0 Å². The topological polar surface area (TPSA) is 30.9 Å². The molecule has 0 aromatic heterocycles. The van der Waals surface area contributed by atoms with E-state index < -0.39 is 0 Å². The molecule has 0 N–H and O–H groups in total. The quantitative estimate of drug-likeness (QED) is 0.697. The van der Waals surface area contributed by atoms with Gasteiger partial charge in [0.1, 0.15) is 5.75 Å². The number of nitrogens with zero attached hydrogens (tertiary/aromatic N) is 1. The second-order valence-electron chi connectivity index (χ2n) is 6.30. The predicted octanol–water partition coefficient (Wildman–Crippen LogP) is 4.50. The van der Waals surface area contributed by atoms with Gasteiger partial charge in [0.05, 0.1) is 26.4 Å². The molecule has 4 nitrogen and oxygen atoms in total. The summed E-state index contributed by atoms with van der Waals surface area (Å²) in [5.74, 6) is 2.27. The number of benzene rings is 2. The maximum absolute atomic E-state index is 6.70. The number of hydrogen-bond donors (Lipinski definition) is 0. The van der Waals surface area contributed by atoms with Crippen LogP contribution in [-0.2, 0) is 6.54 Å². The predicted molar refractivity (Wildman–Crippen MR) is 105 cm³/mol. The van der Waals surface area contributed by atoms with Crippen LogP contribution < -0.4 is 14.2 Å². The highest BCUT2D eigenvalue weighted by molar-refractivity contribution is 6.33. The normalized spacial score (nSPS) is 16.7. The van der Waals surface area contributed by atoms with E-state index in [0.717, 1.165) is 30.9 Å². The molecule has 3 rings (SSSR count). The number of methoxy groups -OCH3 is 3. The Balaban J connectivity index is 2.13. The van der Waals surface area contributed by atoms with Crippen molar-refractivity contribution in [3.8, 4) is 17.2 Å². The molecule has 1 heterocycles. The first-order valence-electron chi connectivity index (χ1n) is 8.53. The molecule has 1 unspecified atom stereocenters. The van der Waals surface area contributed by atoms with E-state index in [1.165, 1.54) is 11.1 Å². The Hall–Kier alpha value is -2.17. The second kappa shape index (κ2) is 8.02. The third-order valence-electron chi connectivity index (χ3n) is 4.85. The molecule has 0 radical (unpaired) electrons. The molecule has 5 heteroatoms. The first-order chi connectivity index (χ1) is 12.6. The van der Waals surface area contributed by atoms with Gasteiger partial charge >= 0.3 is 0 Å². The SMILES string of the molecule is C=CCN1Cc2c(cc(OC)c(OC)c2Cl)C(c2ccc(OC)cc2)C1. The standard InChI is InChI=1S/C21H24ClNO3/c1-5-10-23-12-17(14-6-8-15(24-2)9-7-14)16-11-19(25-3)21(26-4)20(22)18(16)13-23/h5-9,11,17H,1,10,12-13H2,2-4H3. The zero-order valence-corrected chi connectivity index (χ0v) is 16.2. The minimum Gasteiger partial charge on any atom is -0.497 e. The van der Waals surface area contributed by atoms with E-state index in [-0.39, 0.29) is 5.92 Å². The average Bonchev–Trinajstić information content (AvgIpc) is 2.68. The van der Waals surface area contributed by atoms with Crippen molar-refractivity contribution in [2.75, 3.05) is 34.4 Å². The van der Waals surface area contributed by atoms with E-state index in [9.17, 15) is 0 Å². The summed E-state index contributed by atoms with van der Waals surface area (Å²) in [6.45, 7) is 6.32. The fourth-order valence-corrected chi connectivity index (χ4v) is 3.91. The van der Waals surface area contributed by atoms with Gasteiger partial charge in [-0.15, -0.1) is 6.58 Å². The summed E-state index contributed by atoms with van der Waals surface area (Å²) in [4.78, 5) is 2.34. The molecular weight excluding hydrogens is 350 g/mol. The number of fused-ring (bicyclic) bond motifs is 1. The van der Waals surface area contributed by atoms with Gasteiger partial charge in [0.25, 0.3) is 0 Å². The van der Waals surface area contributed by atoms with Crippen LogP contribution in [0.15, 0.2) is 43.0 Å². The van der Waals surface area contributed by atoms with Crippen LogP contribution in [0, 0.1) is 0 Å². The minimum atomic E-state index is 0.182. The summed E-state index contributed by atoms with van der Waals surface area (Å²) >= 11 is 6.70. The molecule has 0 saturated heterocycles. The Labute approximate surface area is 159 Å². The largest absolute Gasteiger partial charge is 0.497 e. The van der Waals surface area contributed by atoms with Crippen molar-refractivity contribution in [2.24, 2.45) is 0 Å². The van der Waals surface area contributed by atoms with Crippen molar-refractivity contribution in [2.45, 2.75) is 12.5 Å². The summed E-state index contributed by atoms with van der Waals surface area (Å²) in [5.41, 5.74) is 3.47. The highest BCUT2D eigenvalue weighted by Crippen LogP contribution is 2.45. The zero-order valence-electron chi connectivity index (χ0n) is 15.4. The molecule has 1 atom stereocenters. The summed E-state index contributed by atoms with van der Waals surface area (Å²) in [7, 11) is 4.92. The van der Waals surface area contributed by atoms with Gasteiger partial charge in [0.2, 0.25) is 0 Å². The molecule has 2 aromatic rings. The van der Waals surface area contributed by atoms with E-state index in [4.69, 9.17) is 25.8 Å². The zero-order chi connectivity index (χ0) is 18.7. The molecule has 1 aliphatic heterocycles. The number of halogens is 1. The lowest BCUT2D eigenvalue weighted by Gasteiger charge is -2.35. The van der Waals surface area contributed by atoms with Gasteiger partial charge in [0, 0.05) is 25.6 Å². The van der Waals surface area contributed by atoms with Gasteiger partial charge in [-0.1, -0.05) is 29.8 Å². The minimum absolute atomic E-state index is 0.182. The van der Waals surface area contributed by atoms with E-state index in [1.54, 1.807) is 21.3 Å². The van der Waals surface area contributed by atoms with Crippen molar-refractivity contribution in [3.63, 3.8) is 0 Å². The molecule has 0 spiro atoms. The number of rotatable bonds is 6. The lowest BCUT2D eigenvalue weighted by atomic mass is 9.84. The Morgan fingerprint density at radius 2 is 1.88 bits per heavy atom. The van der Waals surface area contributed by atoms with Gasteiger partial charge in [0.15, 0.2) is 11.5 Å². The molecule has 0 amide bonds. The molecule has 0 fully saturated rings. The van der Waals surface area contributed by atoms with Crippen molar-refractivity contribution in [1.82, 2.24) is 4.90 Å². The van der Waals surface area contributed by atoms with Crippen LogP contribution in [0.25, 0.3) is 0 Å². The van der Waals surface area contributed by atoms with Crippen LogP contribution in [0.5, 0.6) is 17.2 Å². The Morgan fingerprint density at radius 3 is 2.46 bits per heavy atom. The number of ether oxygens (including phenoxy) is 3. The summed E-state index contributed by atoms with van der Waals surface area (Å²) in [5, 5.41) is 0.620. The molecule has 1 aliphatic rings. The van der Waals surface area contributed by atoms with Gasteiger partial charge < -0.3 is 14.2 Å². The fraction of sp³-hybridized carbons (Fsp3) is 0.333. The van der Waals surface area contributed by atoms with Gasteiger partial charge in [-0.05, 0) is 34.9 Å². The third kappa shape index (κ3) is 3.39. The molecule has 2 aromatic carbocycles. The first kappa shape index (κ1) is 18.6. The van der Waals surface area contributed by atoms with E-state index in [1.807, 2.05) is 18.2 Å². The molecule has 26 heavy (non-hydrogen) atoms. The highest BCUT2D eigenvalue weighted by Gasteiger charge is 2.30. The first-order valence-corrected chi connectivity index (χ1v) is 8.91. The molecule has 0 bridgehead atoms. The van der Waals surface area contributed by atoms with Crippen LogP contribution >= 0.6 is 11.6 Å². The summed E-state index contributed by atoms with van der Waals surface area (Å²) in [6, 6.07) is 10.2. The summed E-state index contributed by atoms with van der Waals surface area (Å²) < 4.78 is 16.3. The number of hydrogen-bond acceptors (Lipinski definition) is 4. The highest BCUT2D eigenvalue weighted by atomic mass is 35.5. The van der Waals surface area contributed by atoms with Gasteiger partial charge in [-0.3, -0.25) is 4.90 Å². The molecule has 138 valence electrons. The fourth-order valence-electron chi connectivity index (χ4n) is 3.57. The smallest absolute Gasteiger partial charge is 0.179 e. The molecule has 0 aliphatic carbocycles. The third-order valence-corrected chi connectivity index (χ3v) is 5.25. The molecule has 0 saturated carbocycles. The van der Waals surface area contributed by atoms with Crippen molar-refractivity contribution >= 4 is 11.6 Å². The maximum Gasteiger partial charge on any atom is 0.179 e. The van der Waals surface area contributed by atoms with Gasteiger partial charge in [-0.2, -0.15) is 0 Å². The maximum atomic E-state index is 6.70. The van der Waals surface area contributed by atoms with Crippen molar-refractivity contribution in [3.05, 3.63) is 64.7 Å². The van der Waals surface area contributed by atoms with E-state index in [0.29, 0.717) is 16.5 Å². The summed E-state index contributed by atoms with van der Waals surface area (Å²) in [6.07, 6.45) is 1.92. The Bertz CT molecular complexity index is 789. The lowest BCUT2D eigenvalue weighted by molar-refractivity contribution is 0.264. The van der Waals surface area contributed by atoms with E-state index in [2.05, 4.69) is 29.7 Å². The monoisotopic (exact) mass is 373 g/mol. The van der Waals surface area contributed by atoms with Crippen molar-refractivity contribution in [1.29, 1.82) is 0 Å². The van der Waals surface area contributed by atoms with Crippen LogP contribution in [0.2, 0.25) is 5.02 Å². The van der Waals surface area contributed by atoms with Crippen LogP contribution in [0.4, 0.5) is 0 Å². The second-order valence-corrected chi connectivity index (χ2v) is 6.68. The molecular formula is C21H24ClNO3.